The van der Waals surface area contributed by atoms with Crippen molar-refractivity contribution < 1.29 is 23.8 Å². The number of nitrogens with zero attached hydrogens (tertiary/aromatic N) is 3. The monoisotopic (exact) mass is 532 g/mol. The van der Waals surface area contributed by atoms with Gasteiger partial charge in [0.05, 0.1) is 26.0 Å². The van der Waals surface area contributed by atoms with Gasteiger partial charge >= 0.3 is 5.97 Å². The molecule has 0 fully saturated rings. The number of carbonyl (C=O) groups is 1. The molecular formula is C31H38N3O5+. The van der Waals surface area contributed by atoms with Crippen molar-refractivity contribution in [1.29, 1.82) is 0 Å². The molecule has 8 nitrogen and oxygen atoms in total. The molecule has 1 heterocycles. The van der Waals surface area contributed by atoms with Crippen LogP contribution >= 0.6 is 0 Å². The van der Waals surface area contributed by atoms with E-state index in [0.717, 1.165) is 44.6 Å². The van der Waals surface area contributed by atoms with Crippen LogP contribution in [0.2, 0.25) is 0 Å². The first kappa shape index (κ1) is 27.8. The van der Waals surface area contributed by atoms with Crippen molar-refractivity contribution >= 4 is 28.3 Å². The van der Waals surface area contributed by atoms with Crippen LogP contribution in [-0.2, 0) is 9.53 Å². The third-order valence-electron chi connectivity index (χ3n) is 7.05. The Hall–Kier alpha value is -4.20. The highest BCUT2D eigenvalue weighted by molar-refractivity contribution is 6.04. The van der Waals surface area contributed by atoms with Gasteiger partial charge in [0.15, 0.2) is 0 Å². The topological polar surface area (TPSA) is 78.4 Å². The summed E-state index contributed by atoms with van der Waals surface area (Å²) < 4.78 is 19.1. The molecule has 0 spiro atoms. The molecule has 0 saturated heterocycles. The van der Waals surface area contributed by atoms with Gasteiger partial charge in [0.1, 0.15) is 36.9 Å². The van der Waals surface area contributed by atoms with E-state index in [2.05, 4.69) is 4.90 Å². The molecule has 2 aromatic rings. The molecule has 206 valence electrons. The SMILES string of the molecule is CCN(CCCC(=O)OC)c1cc(O)c(-c2c3ccc(=[N+](C)C)cc-3oc3cc(N(C)C)ccc23)cc1OC. The van der Waals surface area contributed by atoms with Gasteiger partial charge in [0, 0.05) is 79.6 Å². The van der Waals surface area contributed by atoms with Gasteiger partial charge in [0.25, 0.3) is 0 Å². The van der Waals surface area contributed by atoms with Gasteiger partial charge in [-0.3, -0.25) is 4.79 Å². The summed E-state index contributed by atoms with van der Waals surface area (Å²) in [6, 6.07) is 15.8. The number of phenols is 1. The third-order valence-corrected chi connectivity index (χ3v) is 7.05. The molecule has 1 aliphatic heterocycles. The fourth-order valence-corrected chi connectivity index (χ4v) is 4.85. The molecule has 0 bridgehead atoms. The average molecular weight is 533 g/mol. The number of carbonyl (C=O) groups excluding carboxylic acids is 1. The smallest absolute Gasteiger partial charge is 0.305 e. The lowest BCUT2D eigenvalue weighted by atomic mass is 9.92. The van der Waals surface area contributed by atoms with Gasteiger partial charge < -0.3 is 28.8 Å². The van der Waals surface area contributed by atoms with E-state index in [1.807, 2.05) is 87.1 Å². The molecule has 0 unspecified atom stereocenters. The largest absolute Gasteiger partial charge is 0.507 e. The average Bonchev–Trinajstić information content (AvgIpc) is 2.93. The number of hydrogen-bond donors (Lipinski definition) is 1. The summed E-state index contributed by atoms with van der Waals surface area (Å²) in [6.45, 7) is 3.34. The van der Waals surface area contributed by atoms with Crippen LogP contribution < -0.4 is 24.5 Å². The molecule has 0 atom stereocenters. The minimum atomic E-state index is -0.237. The van der Waals surface area contributed by atoms with Crippen LogP contribution in [-0.4, -0.2) is 66.6 Å². The number of fused-ring (bicyclic) bond motifs is 2. The van der Waals surface area contributed by atoms with Crippen molar-refractivity contribution in [1.82, 2.24) is 4.58 Å². The zero-order valence-electron chi connectivity index (χ0n) is 23.9. The van der Waals surface area contributed by atoms with E-state index in [0.29, 0.717) is 37.2 Å². The Balaban J connectivity index is 1.93. The molecule has 2 aromatic carbocycles. The number of hydrogen-bond acceptors (Lipinski definition) is 7. The van der Waals surface area contributed by atoms with E-state index in [9.17, 15) is 9.90 Å². The highest BCUT2D eigenvalue weighted by Crippen LogP contribution is 2.47. The van der Waals surface area contributed by atoms with Crippen LogP contribution in [0.15, 0.2) is 52.9 Å². The van der Waals surface area contributed by atoms with Crippen molar-refractivity contribution in [3.05, 3.63) is 53.9 Å². The van der Waals surface area contributed by atoms with Crippen molar-refractivity contribution in [2.75, 3.05) is 65.3 Å². The Morgan fingerprint density at radius 3 is 2.44 bits per heavy atom. The highest BCUT2D eigenvalue weighted by Gasteiger charge is 2.23. The van der Waals surface area contributed by atoms with Crippen molar-refractivity contribution in [3.8, 4) is 33.9 Å². The molecule has 39 heavy (non-hydrogen) atoms. The first-order valence-electron chi connectivity index (χ1n) is 13.1. The van der Waals surface area contributed by atoms with Gasteiger partial charge in [-0.25, -0.2) is 4.58 Å². The lowest BCUT2D eigenvalue weighted by molar-refractivity contribution is -0.140. The summed E-state index contributed by atoms with van der Waals surface area (Å²) >= 11 is 0. The van der Waals surface area contributed by atoms with Crippen LogP contribution in [0.1, 0.15) is 19.8 Å². The molecule has 1 N–H and O–H groups in total. The Bertz CT molecular complexity index is 1540. The maximum Gasteiger partial charge on any atom is 0.305 e. The maximum atomic E-state index is 11.6. The molecule has 2 aliphatic rings. The molecular weight excluding hydrogens is 494 g/mol. The molecule has 8 heteroatoms. The number of benzene rings is 3. The second kappa shape index (κ2) is 11.7. The molecule has 1 aliphatic carbocycles. The van der Waals surface area contributed by atoms with Gasteiger partial charge in [-0.05, 0) is 37.6 Å². The summed E-state index contributed by atoms with van der Waals surface area (Å²) in [4.78, 5) is 15.7. The Labute approximate surface area is 229 Å². The minimum Gasteiger partial charge on any atom is -0.507 e. The summed E-state index contributed by atoms with van der Waals surface area (Å²) in [6.07, 6.45) is 0.957. The minimum absolute atomic E-state index is 0.138. The quantitative estimate of drug-likeness (QED) is 0.189. The van der Waals surface area contributed by atoms with E-state index < -0.39 is 0 Å². The molecule has 4 rings (SSSR count). The number of rotatable bonds is 9. The third kappa shape index (κ3) is 5.65. The summed E-state index contributed by atoms with van der Waals surface area (Å²) in [5, 5.41) is 13.4. The van der Waals surface area contributed by atoms with E-state index in [1.54, 1.807) is 13.2 Å². The molecule has 0 radical (unpaired) electrons. The van der Waals surface area contributed by atoms with Gasteiger partial charge in [0.2, 0.25) is 5.36 Å². The fourth-order valence-electron chi connectivity index (χ4n) is 4.85. The summed E-state index contributed by atoms with van der Waals surface area (Å²) in [5.74, 6) is 1.26. The summed E-state index contributed by atoms with van der Waals surface area (Å²) in [5.41, 5.74) is 4.93. The number of anilines is 2. The van der Waals surface area contributed by atoms with E-state index in [-0.39, 0.29) is 11.7 Å². The number of esters is 1. The number of phenolic OH excluding ortho intramolecular Hbond substituents is 1. The van der Waals surface area contributed by atoms with Crippen molar-refractivity contribution in [2.24, 2.45) is 0 Å². The zero-order valence-corrected chi connectivity index (χ0v) is 23.9. The van der Waals surface area contributed by atoms with Crippen LogP contribution in [0.4, 0.5) is 11.4 Å². The van der Waals surface area contributed by atoms with Crippen molar-refractivity contribution in [3.63, 3.8) is 0 Å². The summed E-state index contributed by atoms with van der Waals surface area (Å²) in [7, 11) is 11.0. The van der Waals surface area contributed by atoms with E-state index in [1.165, 1.54) is 7.11 Å². The van der Waals surface area contributed by atoms with Crippen LogP contribution in [0.25, 0.3) is 33.4 Å². The number of ether oxygens (including phenoxy) is 2. The lowest BCUT2D eigenvalue weighted by Gasteiger charge is -2.26. The maximum absolute atomic E-state index is 11.6. The van der Waals surface area contributed by atoms with Gasteiger partial charge in [-0.2, -0.15) is 0 Å². The van der Waals surface area contributed by atoms with Gasteiger partial charge in [-0.1, -0.05) is 0 Å². The Kier molecular flexibility index (Phi) is 8.33. The molecule has 0 aromatic heterocycles. The van der Waals surface area contributed by atoms with Crippen molar-refractivity contribution in [2.45, 2.75) is 19.8 Å². The Morgan fingerprint density at radius 1 is 1.03 bits per heavy atom. The number of aromatic hydroxyl groups is 1. The van der Waals surface area contributed by atoms with Crippen LogP contribution in [0.3, 0.4) is 0 Å². The first-order valence-corrected chi connectivity index (χ1v) is 13.1. The second-order valence-electron chi connectivity index (χ2n) is 9.93. The predicted octanol–water partition coefficient (Wildman–Crippen LogP) is 4.80. The van der Waals surface area contributed by atoms with Crippen LogP contribution in [0.5, 0.6) is 11.5 Å². The molecule has 0 amide bonds. The Morgan fingerprint density at radius 2 is 1.79 bits per heavy atom. The first-order chi connectivity index (χ1) is 18.7. The highest BCUT2D eigenvalue weighted by atomic mass is 16.5. The lowest BCUT2D eigenvalue weighted by Crippen LogP contribution is -2.25. The predicted molar refractivity (Wildman–Crippen MR) is 157 cm³/mol. The second-order valence-corrected chi connectivity index (χ2v) is 9.93. The fraction of sp³-hybridized carbons (Fsp3) is 0.355. The number of methoxy groups -OCH3 is 2. The normalized spacial score (nSPS) is 11.1. The van der Waals surface area contributed by atoms with Crippen LogP contribution in [0, 0.1) is 0 Å². The molecule has 0 saturated carbocycles. The van der Waals surface area contributed by atoms with E-state index in [4.69, 9.17) is 13.9 Å². The standard InChI is InChI=1S/C31H37N3O5/c1-8-34(15-9-10-30(36)38-7)25-19-26(35)24(18-29(25)37-6)31-22-13-11-20(32(2)3)16-27(22)39-28-17-21(33(4)5)12-14-23(28)31/h11-14,16-19H,8-10,15H2,1-7H3/p+1. The van der Waals surface area contributed by atoms with E-state index >= 15 is 0 Å². The zero-order chi connectivity index (χ0) is 28.3. The van der Waals surface area contributed by atoms with Gasteiger partial charge in [-0.15, -0.1) is 0 Å².